The first-order chi connectivity index (χ1) is 6.62. The van der Waals surface area contributed by atoms with Gasteiger partial charge in [-0.3, -0.25) is 4.55 Å². The van der Waals surface area contributed by atoms with E-state index in [0.29, 0.717) is 4.47 Å². The average Bonchev–Trinajstić information content (AvgIpc) is 1.99. The van der Waals surface area contributed by atoms with Gasteiger partial charge in [0.05, 0.1) is 4.90 Å². The number of rotatable bonds is 1. The van der Waals surface area contributed by atoms with Crippen molar-refractivity contribution in [2.45, 2.75) is 31.1 Å². The first kappa shape index (κ1) is 12.7. The summed E-state index contributed by atoms with van der Waals surface area (Å²) in [6, 6.07) is 4.52. The lowest BCUT2D eigenvalue weighted by molar-refractivity contribution is 0.483. The summed E-state index contributed by atoms with van der Waals surface area (Å²) in [7, 11) is -4.12. The average molecular weight is 293 g/mol. The topological polar surface area (TPSA) is 54.4 Å². The van der Waals surface area contributed by atoms with Crippen LogP contribution in [0.2, 0.25) is 0 Å². The van der Waals surface area contributed by atoms with Crippen molar-refractivity contribution in [3.05, 3.63) is 28.2 Å². The summed E-state index contributed by atoms with van der Waals surface area (Å²) in [6.07, 6.45) is 0. The molecular weight excluding hydrogens is 280 g/mol. The van der Waals surface area contributed by atoms with E-state index in [0.717, 1.165) is 5.56 Å². The molecule has 1 aromatic carbocycles. The fourth-order valence-electron chi connectivity index (χ4n) is 1.26. The van der Waals surface area contributed by atoms with Crippen LogP contribution in [0.1, 0.15) is 26.3 Å². The molecule has 3 nitrogen and oxygen atoms in total. The van der Waals surface area contributed by atoms with Gasteiger partial charge in [-0.05, 0) is 23.1 Å². The molecule has 0 heterocycles. The molecule has 0 aliphatic heterocycles. The highest BCUT2D eigenvalue weighted by Gasteiger charge is 2.19. The van der Waals surface area contributed by atoms with E-state index in [-0.39, 0.29) is 10.3 Å². The van der Waals surface area contributed by atoms with Gasteiger partial charge in [-0.25, -0.2) is 0 Å². The Balaban J connectivity index is 3.34. The third-order valence-electron chi connectivity index (χ3n) is 2.05. The maximum Gasteiger partial charge on any atom is 0.294 e. The smallest absolute Gasteiger partial charge is 0.282 e. The molecule has 0 unspecified atom stereocenters. The van der Waals surface area contributed by atoms with E-state index in [2.05, 4.69) is 15.9 Å². The second-order valence-corrected chi connectivity index (χ2v) is 6.64. The van der Waals surface area contributed by atoms with Gasteiger partial charge in [-0.15, -0.1) is 0 Å². The van der Waals surface area contributed by atoms with Crippen molar-refractivity contribution >= 4 is 26.0 Å². The van der Waals surface area contributed by atoms with Crippen LogP contribution >= 0.6 is 15.9 Å². The van der Waals surface area contributed by atoms with Gasteiger partial charge in [-0.2, -0.15) is 8.42 Å². The maximum absolute atomic E-state index is 10.9. The third-order valence-corrected chi connectivity index (χ3v) is 3.55. The molecule has 0 fully saturated rings. The highest BCUT2D eigenvalue weighted by molar-refractivity contribution is 9.10. The molecule has 0 spiro atoms. The lowest BCUT2D eigenvalue weighted by atomic mass is 9.87. The molecule has 1 aromatic rings. The molecule has 84 valence electrons. The molecular formula is C10H13BrO3S. The summed E-state index contributed by atoms with van der Waals surface area (Å²) < 4.78 is 31.3. The summed E-state index contributed by atoms with van der Waals surface area (Å²) in [5, 5.41) is 0. The second-order valence-electron chi connectivity index (χ2n) is 4.37. The molecule has 1 N–H and O–H groups in total. The molecule has 0 aromatic heterocycles. The van der Waals surface area contributed by atoms with Crippen LogP contribution in [0.15, 0.2) is 27.6 Å². The number of hydrogen-bond donors (Lipinski definition) is 1. The summed E-state index contributed by atoms with van der Waals surface area (Å²) in [5.41, 5.74) is 0.922. The monoisotopic (exact) mass is 292 g/mol. The molecule has 0 amide bonds. The Morgan fingerprint density at radius 1 is 1.27 bits per heavy atom. The Morgan fingerprint density at radius 2 is 1.80 bits per heavy atom. The number of hydrogen-bond acceptors (Lipinski definition) is 2. The minimum absolute atomic E-state index is 0.0728. The van der Waals surface area contributed by atoms with Gasteiger partial charge in [0, 0.05) is 4.47 Å². The zero-order chi connectivity index (χ0) is 11.9. The molecule has 1 rings (SSSR count). The Hall–Kier alpha value is -0.390. The van der Waals surface area contributed by atoms with E-state index in [1.807, 2.05) is 20.8 Å². The van der Waals surface area contributed by atoms with E-state index < -0.39 is 10.1 Å². The van der Waals surface area contributed by atoms with Crippen LogP contribution in [0.25, 0.3) is 0 Å². The van der Waals surface area contributed by atoms with Crippen molar-refractivity contribution in [3.8, 4) is 0 Å². The Labute approximate surface area is 98.4 Å². The fourth-order valence-corrected chi connectivity index (χ4v) is 2.90. The Kier molecular flexibility index (Phi) is 3.28. The van der Waals surface area contributed by atoms with Gasteiger partial charge in [0.2, 0.25) is 0 Å². The molecule has 15 heavy (non-hydrogen) atoms. The molecule has 0 bridgehead atoms. The first-order valence-corrected chi connectivity index (χ1v) is 6.63. The van der Waals surface area contributed by atoms with Crippen molar-refractivity contribution in [2.24, 2.45) is 0 Å². The fraction of sp³-hybridized carbons (Fsp3) is 0.400. The quantitative estimate of drug-likeness (QED) is 0.810. The summed E-state index contributed by atoms with van der Waals surface area (Å²) in [4.78, 5) is -0.0950. The standard InChI is InChI=1S/C10H13BrO3S/c1-10(2,3)8-5-4-7(6-9(8)11)15(12,13)14/h4-6H,1-3H3,(H,12,13,14). The second kappa shape index (κ2) is 3.88. The van der Waals surface area contributed by atoms with Gasteiger partial charge in [0.15, 0.2) is 0 Å². The third kappa shape index (κ3) is 3.03. The molecule has 5 heteroatoms. The van der Waals surface area contributed by atoms with Crippen LogP contribution in [0, 0.1) is 0 Å². The SMILES string of the molecule is CC(C)(C)c1ccc(S(=O)(=O)O)cc1Br. The van der Waals surface area contributed by atoms with Gasteiger partial charge in [-0.1, -0.05) is 42.8 Å². The summed E-state index contributed by atoms with van der Waals surface area (Å²) in [5.74, 6) is 0. The summed E-state index contributed by atoms with van der Waals surface area (Å²) >= 11 is 3.30. The van der Waals surface area contributed by atoms with E-state index in [4.69, 9.17) is 4.55 Å². The highest BCUT2D eigenvalue weighted by Crippen LogP contribution is 2.31. The number of halogens is 1. The van der Waals surface area contributed by atoms with E-state index in [1.54, 1.807) is 6.07 Å². The zero-order valence-corrected chi connectivity index (χ0v) is 11.2. The zero-order valence-electron chi connectivity index (χ0n) is 8.78. The molecule has 0 atom stereocenters. The Morgan fingerprint density at radius 3 is 2.13 bits per heavy atom. The normalized spacial score (nSPS) is 12.9. The van der Waals surface area contributed by atoms with E-state index in [1.165, 1.54) is 12.1 Å². The van der Waals surface area contributed by atoms with Crippen molar-refractivity contribution in [2.75, 3.05) is 0 Å². The number of benzene rings is 1. The van der Waals surface area contributed by atoms with Crippen LogP contribution < -0.4 is 0 Å². The molecule has 0 aliphatic rings. The van der Waals surface area contributed by atoms with Gasteiger partial charge in [0.25, 0.3) is 10.1 Å². The molecule has 0 radical (unpaired) electrons. The van der Waals surface area contributed by atoms with Crippen LogP contribution in [-0.4, -0.2) is 13.0 Å². The Bertz CT molecular complexity index is 472. The first-order valence-electron chi connectivity index (χ1n) is 4.40. The van der Waals surface area contributed by atoms with Crippen LogP contribution in [-0.2, 0) is 15.5 Å². The minimum Gasteiger partial charge on any atom is -0.282 e. The van der Waals surface area contributed by atoms with E-state index in [9.17, 15) is 8.42 Å². The predicted molar refractivity (Wildman–Crippen MR) is 62.7 cm³/mol. The van der Waals surface area contributed by atoms with Gasteiger partial charge < -0.3 is 0 Å². The van der Waals surface area contributed by atoms with Crippen LogP contribution in [0.5, 0.6) is 0 Å². The van der Waals surface area contributed by atoms with Crippen molar-refractivity contribution in [1.29, 1.82) is 0 Å². The van der Waals surface area contributed by atoms with Crippen LogP contribution in [0.3, 0.4) is 0 Å². The van der Waals surface area contributed by atoms with E-state index >= 15 is 0 Å². The van der Waals surface area contributed by atoms with Crippen molar-refractivity contribution in [3.63, 3.8) is 0 Å². The molecule has 0 saturated heterocycles. The molecule has 0 aliphatic carbocycles. The van der Waals surface area contributed by atoms with Crippen molar-refractivity contribution in [1.82, 2.24) is 0 Å². The minimum atomic E-state index is -4.12. The van der Waals surface area contributed by atoms with Crippen molar-refractivity contribution < 1.29 is 13.0 Å². The molecule has 0 saturated carbocycles. The lowest BCUT2D eigenvalue weighted by Crippen LogP contribution is -2.12. The highest BCUT2D eigenvalue weighted by atomic mass is 79.9. The predicted octanol–water partition coefficient (Wildman–Crippen LogP) is 2.99. The van der Waals surface area contributed by atoms with Gasteiger partial charge >= 0.3 is 0 Å². The van der Waals surface area contributed by atoms with Gasteiger partial charge in [0.1, 0.15) is 0 Å². The largest absolute Gasteiger partial charge is 0.294 e. The summed E-state index contributed by atoms with van der Waals surface area (Å²) in [6.45, 7) is 6.08. The maximum atomic E-state index is 10.9. The lowest BCUT2D eigenvalue weighted by Gasteiger charge is -2.20. The van der Waals surface area contributed by atoms with Crippen LogP contribution in [0.4, 0.5) is 0 Å².